The maximum atomic E-state index is 12.0. The molecule has 20 heavy (non-hydrogen) atoms. The van der Waals surface area contributed by atoms with Crippen LogP contribution in [0.1, 0.15) is 0 Å². The monoisotopic (exact) mass is 280 g/mol. The van der Waals surface area contributed by atoms with Crippen molar-refractivity contribution in [3.05, 3.63) is 36.0 Å². The Morgan fingerprint density at radius 3 is 2.25 bits per heavy atom. The van der Waals surface area contributed by atoms with E-state index in [0.29, 0.717) is 0 Å². The highest BCUT2D eigenvalue weighted by atomic mass is 16.6. The van der Waals surface area contributed by atoms with Gasteiger partial charge in [0, 0.05) is 12.7 Å². The summed E-state index contributed by atoms with van der Waals surface area (Å²) in [5.74, 6) is 0. The number of fused-ring (bicyclic) bond motifs is 1. The zero-order chi connectivity index (χ0) is 14.7. The Balaban J connectivity index is 2.49. The van der Waals surface area contributed by atoms with Crippen LogP contribution in [0.3, 0.4) is 0 Å². The zero-order valence-corrected chi connectivity index (χ0v) is 11.5. The molecule has 0 radical (unpaired) electrons. The summed E-state index contributed by atoms with van der Waals surface area (Å²) >= 11 is 0. The lowest BCUT2D eigenvalue weighted by Crippen LogP contribution is -2.50. The van der Waals surface area contributed by atoms with Crippen molar-refractivity contribution < 1.29 is 23.8 Å². The summed E-state index contributed by atoms with van der Waals surface area (Å²) in [5.41, 5.74) is 0.744. The number of ether oxygens (including phenoxy) is 3. The molecule has 1 aliphatic heterocycles. The van der Waals surface area contributed by atoms with E-state index >= 15 is 0 Å². The fourth-order valence-corrected chi connectivity index (χ4v) is 2.26. The van der Waals surface area contributed by atoms with Crippen LogP contribution >= 0.6 is 0 Å². The molecule has 0 saturated carbocycles. The Morgan fingerprint density at radius 1 is 1.00 bits per heavy atom. The van der Waals surface area contributed by atoms with Crippen molar-refractivity contribution >= 4 is 12.2 Å². The van der Waals surface area contributed by atoms with Crippen LogP contribution in [0.15, 0.2) is 36.0 Å². The van der Waals surface area contributed by atoms with Crippen molar-refractivity contribution in [2.45, 2.75) is 12.3 Å². The average molecular weight is 280 g/mol. The number of rotatable bonds is 1. The van der Waals surface area contributed by atoms with Crippen molar-refractivity contribution in [2.75, 3.05) is 21.3 Å². The van der Waals surface area contributed by atoms with Gasteiger partial charge in [0.05, 0.1) is 14.2 Å². The zero-order valence-electron chi connectivity index (χ0n) is 11.5. The van der Waals surface area contributed by atoms with E-state index in [-0.39, 0.29) is 0 Å². The average Bonchev–Trinajstić information content (AvgIpc) is 2.62. The van der Waals surface area contributed by atoms with Crippen LogP contribution in [0.5, 0.6) is 0 Å². The van der Waals surface area contributed by atoms with Crippen LogP contribution in [0.4, 0.5) is 9.59 Å². The number of amides is 2. The lowest BCUT2D eigenvalue weighted by molar-refractivity contribution is -0.0719. The van der Waals surface area contributed by atoms with Crippen molar-refractivity contribution in [3.63, 3.8) is 0 Å². The third kappa shape index (κ3) is 2.16. The summed E-state index contributed by atoms with van der Waals surface area (Å²) in [6.45, 7) is 0. The lowest BCUT2D eigenvalue weighted by atomic mass is 10.1. The van der Waals surface area contributed by atoms with Crippen LogP contribution in [0, 0.1) is 0 Å². The van der Waals surface area contributed by atoms with Crippen molar-refractivity contribution in [2.24, 2.45) is 0 Å². The van der Waals surface area contributed by atoms with Crippen LogP contribution in [0.2, 0.25) is 0 Å². The number of methoxy groups -OCH3 is 3. The van der Waals surface area contributed by atoms with Gasteiger partial charge in [0.25, 0.3) is 0 Å². The molecule has 7 heteroatoms. The van der Waals surface area contributed by atoms with E-state index in [9.17, 15) is 9.59 Å². The van der Waals surface area contributed by atoms with Gasteiger partial charge in [0.15, 0.2) is 6.23 Å². The minimum absolute atomic E-state index is 0.457. The SMILES string of the molecule is COC(=O)N1[C@@H]2C=CC=CC=C2[C@@H](OC)N1C(=O)OC. The molecule has 0 spiro atoms. The van der Waals surface area contributed by atoms with E-state index in [1.165, 1.54) is 26.3 Å². The number of hydrazine groups is 1. The maximum Gasteiger partial charge on any atom is 0.431 e. The van der Waals surface area contributed by atoms with Gasteiger partial charge < -0.3 is 14.2 Å². The van der Waals surface area contributed by atoms with Gasteiger partial charge in [-0.2, -0.15) is 10.0 Å². The molecule has 0 aromatic heterocycles. The first-order valence-electron chi connectivity index (χ1n) is 5.97. The van der Waals surface area contributed by atoms with Crippen molar-refractivity contribution in [3.8, 4) is 0 Å². The molecule has 1 aliphatic carbocycles. The van der Waals surface area contributed by atoms with E-state index in [1.54, 1.807) is 18.2 Å². The number of hydrogen-bond acceptors (Lipinski definition) is 5. The Kier molecular flexibility index (Phi) is 4.09. The molecule has 108 valence electrons. The van der Waals surface area contributed by atoms with Gasteiger partial charge in [-0.3, -0.25) is 0 Å². The molecular weight excluding hydrogens is 264 g/mol. The topological polar surface area (TPSA) is 68.3 Å². The highest BCUT2D eigenvalue weighted by molar-refractivity contribution is 5.77. The van der Waals surface area contributed by atoms with Gasteiger partial charge in [-0.25, -0.2) is 9.59 Å². The second-order valence-corrected chi connectivity index (χ2v) is 4.10. The third-order valence-corrected chi connectivity index (χ3v) is 3.10. The van der Waals surface area contributed by atoms with Crippen LogP contribution in [-0.4, -0.2) is 55.8 Å². The summed E-state index contributed by atoms with van der Waals surface area (Å²) in [5, 5.41) is 2.28. The first kappa shape index (κ1) is 14.1. The highest BCUT2D eigenvalue weighted by Gasteiger charge is 2.49. The van der Waals surface area contributed by atoms with Gasteiger partial charge in [-0.1, -0.05) is 30.4 Å². The Bertz CT molecular complexity index is 497. The molecular formula is C13H16N2O5. The van der Waals surface area contributed by atoms with Gasteiger partial charge >= 0.3 is 12.2 Å². The smallest absolute Gasteiger partial charge is 0.431 e. The quantitative estimate of drug-likeness (QED) is 0.727. The van der Waals surface area contributed by atoms with Gasteiger partial charge in [-0.15, -0.1) is 0 Å². The van der Waals surface area contributed by atoms with E-state index < -0.39 is 24.5 Å². The maximum absolute atomic E-state index is 12.0. The van der Waals surface area contributed by atoms with E-state index in [1.807, 2.05) is 12.2 Å². The Hall–Kier alpha value is -2.28. The summed E-state index contributed by atoms with van der Waals surface area (Å²) in [6, 6.07) is -0.457. The molecule has 2 amide bonds. The molecule has 1 saturated heterocycles. The predicted octanol–water partition coefficient (Wildman–Crippen LogP) is 1.45. The molecule has 0 unspecified atom stereocenters. The van der Waals surface area contributed by atoms with Gasteiger partial charge in [0.2, 0.25) is 0 Å². The summed E-state index contributed by atoms with van der Waals surface area (Å²) in [4.78, 5) is 23.9. The minimum Gasteiger partial charge on any atom is -0.451 e. The minimum atomic E-state index is -0.723. The van der Waals surface area contributed by atoms with E-state index in [2.05, 4.69) is 0 Å². The molecule has 1 heterocycles. The fraction of sp³-hybridized carbons (Fsp3) is 0.385. The Morgan fingerprint density at radius 2 is 1.65 bits per heavy atom. The molecule has 2 aliphatic rings. The van der Waals surface area contributed by atoms with Crippen LogP contribution in [-0.2, 0) is 14.2 Å². The fourth-order valence-electron chi connectivity index (χ4n) is 2.26. The van der Waals surface area contributed by atoms with Crippen LogP contribution in [0.25, 0.3) is 0 Å². The standard InChI is InChI=1S/C13H16N2O5/c1-18-11-9-7-5-4-6-8-10(9)14(12(16)19-2)15(11)13(17)20-3/h4-8,10-11H,1-3H3/t10-,11-/m1/s1. The molecule has 0 bridgehead atoms. The first-order valence-corrected chi connectivity index (χ1v) is 5.97. The molecule has 1 fully saturated rings. The number of carbonyl (C=O) groups excluding carboxylic acids is 2. The number of allylic oxidation sites excluding steroid dienone is 4. The van der Waals surface area contributed by atoms with Crippen molar-refractivity contribution in [1.29, 1.82) is 0 Å². The van der Waals surface area contributed by atoms with Crippen LogP contribution < -0.4 is 0 Å². The number of nitrogens with zero attached hydrogens (tertiary/aromatic N) is 2. The Labute approximate surface area is 116 Å². The molecule has 0 N–H and O–H groups in total. The van der Waals surface area contributed by atoms with Crippen molar-refractivity contribution in [1.82, 2.24) is 10.0 Å². The second-order valence-electron chi connectivity index (χ2n) is 4.10. The molecule has 2 rings (SSSR count). The van der Waals surface area contributed by atoms with E-state index in [0.717, 1.165) is 10.6 Å². The van der Waals surface area contributed by atoms with Gasteiger partial charge in [-0.05, 0) is 0 Å². The summed E-state index contributed by atoms with van der Waals surface area (Å²) < 4.78 is 14.8. The third-order valence-electron chi connectivity index (χ3n) is 3.10. The molecule has 2 atom stereocenters. The van der Waals surface area contributed by atoms with Gasteiger partial charge in [0.1, 0.15) is 6.04 Å². The highest BCUT2D eigenvalue weighted by Crippen LogP contribution is 2.33. The first-order chi connectivity index (χ1) is 9.65. The largest absolute Gasteiger partial charge is 0.451 e. The molecule has 0 aromatic carbocycles. The second kappa shape index (κ2) is 5.79. The molecule has 0 aromatic rings. The van der Waals surface area contributed by atoms with E-state index in [4.69, 9.17) is 14.2 Å². The lowest BCUT2D eigenvalue weighted by Gasteiger charge is -2.29. The summed E-state index contributed by atoms with van der Waals surface area (Å²) in [7, 11) is 3.94. The number of hydrogen-bond donors (Lipinski definition) is 0. The predicted molar refractivity (Wildman–Crippen MR) is 69.4 cm³/mol. The number of carbonyl (C=O) groups is 2. The normalized spacial score (nSPS) is 24.1. The summed E-state index contributed by atoms with van der Waals surface area (Å²) in [6.07, 6.45) is 6.92. The molecule has 7 nitrogen and oxygen atoms in total.